The van der Waals surface area contributed by atoms with Gasteiger partial charge in [0.1, 0.15) is 31.1 Å². The second-order valence-electron chi connectivity index (χ2n) is 5.23. The lowest BCUT2D eigenvalue weighted by molar-refractivity contribution is -0.133. The number of likely N-dealkylation sites (tertiary alicyclic amines) is 1. The highest BCUT2D eigenvalue weighted by Crippen LogP contribution is 2.17. The molecule has 1 amide bonds. The molecule has 8 heteroatoms. The minimum absolute atomic E-state index is 0.0573. The molecule has 1 aliphatic rings. The van der Waals surface area contributed by atoms with E-state index in [1.54, 1.807) is 18.6 Å². The van der Waals surface area contributed by atoms with Gasteiger partial charge >= 0.3 is 0 Å². The molecular formula is C14H18N6O2. The third-order valence-corrected chi connectivity index (χ3v) is 3.60. The maximum atomic E-state index is 12.2. The number of carbonyl (C=O) groups excluding carboxylic acids is 1. The zero-order valence-electron chi connectivity index (χ0n) is 12.4. The van der Waals surface area contributed by atoms with Gasteiger partial charge in [-0.1, -0.05) is 0 Å². The number of nitrogens with zero attached hydrogens (tertiary/aromatic N) is 6. The summed E-state index contributed by atoms with van der Waals surface area (Å²) in [5.74, 6) is 1.35. The van der Waals surface area contributed by atoms with Crippen LogP contribution in [0, 0.1) is 6.92 Å². The van der Waals surface area contributed by atoms with Crippen molar-refractivity contribution < 1.29 is 9.53 Å². The van der Waals surface area contributed by atoms with Crippen LogP contribution in [0.25, 0.3) is 0 Å². The van der Waals surface area contributed by atoms with Crippen LogP contribution in [-0.4, -0.2) is 54.7 Å². The summed E-state index contributed by atoms with van der Waals surface area (Å²) in [6.45, 7) is 3.43. The summed E-state index contributed by atoms with van der Waals surface area (Å²) >= 11 is 0. The van der Waals surface area contributed by atoms with E-state index < -0.39 is 0 Å². The molecule has 0 bridgehead atoms. The van der Waals surface area contributed by atoms with E-state index >= 15 is 0 Å². The molecule has 0 spiro atoms. The normalized spacial score (nSPS) is 15.8. The number of rotatable bonds is 4. The molecule has 1 saturated heterocycles. The minimum Gasteiger partial charge on any atom is -0.474 e. The Labute approximate surface area is 128 Å². The van der Waals surface area contributed by atoms with Gasteiger partial charge in [0.2, 0.25) is 11.8 Å². The highest BCUT2D eigenvalue weighted by molar-refractivity contribution is 5.75. The summed E-state index contributed by atoms with van der Waals surface area (Å²) in [6.07, 6.45) is 6.35. The van der Waals surface area contributed by atoms with Crippen molar-refractivity contribution in [2.75, 3.05) is 13.1 Å². The third kappa shape index (κ3) is 3.57. The van der Waals surface area contributed by atoms with E-state index in [2.05, 4.69) is 20.1 Å². The van der Waals surface area contributed by atoms with Gasteiger partial charge in [-0.15, -0.1) is 0 Å². The van der Waals surface area contributed by atoms with Gasteiger partial charge < -0.3 is 9.64 Å². The van der Waals surface area contributed by atoms with E-state index in [1.165, 1.54) is 11.0 Å². The average Bonchev–Trinajstić information content (AvgIpc) is 3.01. The highest BCUT2D eigenvalue weighted by atomic mass is 16.5. The maximum absolute atomic E-state index is 12.2. The van der Waals surface area contributed by atoms with Crippen molar-refractivity contribution in [2.45, 2.75) is 32.4 Å². The lowest BCUT2D eigenvalue weighted by Gasteiger charge is -2.31. The molecule has 3 heterocycles. The fourth-order valence-corrected chi connectivity index (χ4v) is 2.45. The van der Waals surface area contributed by atoms with Gasteiger partial charge in [0.15, 0.2) is 0 Å². The topological polar surface area (TPSA) is 86.0 Å². The summed E-state index contributed by atoms with van der Waals surface area (Å²) < 4.78 is 7.39. The number of piperidine rings is 1. The molecule has 8 nitrogen and oxygen atoms in total. The summed E-state index contributed by atoms with van der Waals surface area (Å²) in [6, 6.07) is 1.76. The second kappa shape index (κ2) is 6.50. The van der Waals surface area contributed by atoms with Gasteiger partial charge in [-0.3, -0.25) is 4.79 Å². The molecule has 2 aromatic heterocycles. The van der Waals surface area contributed by atoms with Gasteiger partial charge in [0, 0.05) is 38.2 Å². The summed E-state index contributed by atoms with van der Waals surface area (Å²) in [4.78, 5) is 26.1. The Bertz CT molecular complexity index is 622. The van der Waals surface area contributed by atoms with Crippen molar-refractivity contribution in [1.82, 2.24) is 29.6 Å². The van der Waals surface area contributed by atoms with Gasteiger partial charge in [0.05, 0.1) is 0 Å². The van der Waals surface area contributed by atoms with Gasteiger partial charge in [-0.05, 0) is 6.92 Å². The molecule has 0 aliphatic carbocycles. The lowest BCUT2D eigenvalue weighted by atomic mass is 10.1. The summed E-state index contributed by atoms with van der Waals surface area (Å²) in [5, 5.41) is 3.95. The van der Waals surface area contributed by atoms with E-state index in [9.17, 15) is 4.79 Å². The molecular weight excluding hydrogens is 284 g/mol. The van der Waals surface area contributed by atoms with Crippen LogP contribution in [0.2, 0.25) is 0 Å². The predicted octanol–water partition coefficient (Wildman–Crippen LogP) is 0.447. The van der Waals surface area contributed by atoms with Crippen LogP contribution in [0.3, 0.4) is 0 Å². The molecule has 0 saturated carbocycles. The molecule has 1 aliphatic heterocycles. The van der Waals surface area contributed by atoms with Crippen LogP contribution in [0.1, 0.15) is 18.7 Å². The zero-order chi connectivity index (χ0) is 15.4. The largest absolute Gasteiger partial charge is 0.474 e. The second-order valence-corrected chi connectivity index (χ2v) is 5.23. The number of hydrogen-bond acceptors (Lipinski definition) is 6. The summed E-state index contributed by atoms with van der Waals surface area (Å²) in [7, 11) is 0. The van der Waals surface area contributed by atoms with Crippen molar-refractivity contribution in [3.05, 3.63) is 30.7 Å². The minimum atomic E-state index is 0.0573. The smallest absolute Gasteiger partial charge is 0.244 e. The first kappa shape index (κ1) is 14.4. The monoisotopic (exact) mass is 302 g/mol. The molecule has 0 aromatic carbocycles. The Morgan fingerprint density at radius 2 is 2.23 bits per heavy atom. The molecule has 22 heavy (non-hydrogen) atoms. The number of carbonyl (C=O) groups is 1. The zero-order valence-corrected chi connectivity index (χ0v) is 12.4. The molecule has 2 aromatic rings. The number of ether oxygens (including phenoxy) is 1. The van der Waals surface area contributed by atoms with E-state index in [4.69, 9.17) is 4.74 Å². The van der Waals surface area contributed by atoms with Crippen LogP contribution >= 0.6 is 0 Å². The number of hydrogen-bond donors (Lipinski definition) is 0. The van der Waals surface area contributed by atoms with Crippen LogP contribution in [-0.2, 0) is 11.3 Å². The molecule has 0 atom stereocenters. The standard InChI is InChI=1S/C14H18N6O2/c1-11-16-5-2-13(18-11)22-12-3-6-19(7-4-12)14(21)8-20-10-15-9-17-20/h2,5,9-10,12H,3-4,6-8H2,1H3. The van der Waals surface area contributed by atoms with Crippen molar-refractivity contribution in [2.24, 2.45) is 0 Å². The maximum Gasteiger partial charge on any atom is 0.244 e. The van der Waals surface area contributed by atoms with E-state index in [1.807, 2.05) is 11.8 Å². The molecule has 0 radical (unpaired) electrons. The Balaban J connectivity index is 1.49. The SMILES string of the molecule is Cc1nccc(OC2CCN(C(=O)Cn3cncn3)CC2)n1. The number of aromatic nitrogens is 5. The Morgan fingerprint density at radius 1 is 1.41 bits per heavy atom. The van der Waals surface area contributed by atoms with E-state index in [-0.39, 0.29) is 18.6 Å². The molecule has 1 fully saturated rings. The highest BCUT2D eigenvalue weighted by Gasteiger charge is 2.24. The Morgan fingerprint density at radius 3 is 2.91 bits per heavy atom. The fraction of sp³-hybridized carbons (Fsp3) is 0.500. The first-order chi connectivity index (χ1) is 10.7. The van der Waals surface area contributed by atoms with Gasteiger partial charge in [-0.25, -0.2) is 14.6 Å². The lowest BCUT2D eigenvalue weighted by Crippen LogP contribution is -2.43. The van der Waals surface area contributed by atoms with Crippen LogP contribution < -0.4 is 4.74 Å². The molecule has 0 unspecified atom stereocenters. The Kier molecular flexibility index (Phi) is 4.27. The van der Waals surface area contributed by atoms with Crippen molar-refractivity contribution >= 4 is 5.91 Å². The van der Waals surface area contributed by atoms with E-state index in [0.717, 1.165) is 12.8 Å². The Hall–Kier alpha value is -2.51. The summed E-state index contributed by atoms with van der Waals surface area (Å²) in [5.41, 5.74) is 0. The number of aryl methyl sites for hydroxylation is 1. The van der Waals surface area contributed by atoms with E-state index in [0.29, 0.717) is 24.8 Å². The predicted molar refractivity (Wildman–Crippen MR) is 77.0 cm³/mol. The first-order valence-corrected chi connectivity index (χ1v) is 7.27. The fourth-order valence-electron chi connectivity index (χ4n) is 2.45. The van der Waals surface area contributed by atoms with Crippen molar-refractivity contribution in [3.63, 3.8) is 0 Å². The molecule has 0 N–H and O–H groups in total. The van der Waals surface area contributed by atoms with Crippen molar-refractivity contribution in [3.8, 4) is 5.88 Å². The van der Waals surface area contributed by atoms with Crippen LogP contribution in [0.4, 0.5) is 0 Å². The number of amides is 1. The van der Waals surface area contributed by atoms with Crippen LogP contribution in [0.5, 0.6) is 5.88 Å². The third-order valence-electron chi connectivity index (χ3n) is 3.60. The van der Waals surface area contributed by atoms with Gasteiger partial charge in [0.25, 0.3) is 0 Å². The van der Waals surface area contributed by atoms with Crippen molar-refractivity contribution in [1.29, 1.82) is 0 Å². The van der Waals surface area contributed by atoms with Crippen LogP contribution in [0.15, 0.2) is 24.9 Å². The molecule has 3 rings (SSSR count). The molecule has 116 valence electrons. The average molecular weight is 302 g/mol. The quantitative estimate of drug-likeness (QED) is 0.815. The first-order valence-electron chi connectivity index (χ1n) is 7.27. The van der Waals surface area contributed by atoms with Gasteiger partial charge in [-0.2, -0.15) is 10.1 Å².